The third-order valence-corrected chi connectivity index (χ3v) is 9.37. The van der Waals surface area contributed by atoms with E-state index < -0.39 is 20.0 Å². The summed E-state index contributed by atoms with van der Waals surface area (Å²) in [6, 6.07) is 10.7. The van der Waals surface area contributed by atoms with Gasteiger partial charge in [-0.25, -0.2) is 16.8 Å². The summed E-state index contributed by atoms with van der Waals surface area (Å²) in [5.41, 5.74) is 3.30. The highest BCUT2D eigenvalue weighted by molar-refractivity contribution is 7.93. The molecule has 0 aliphatic carbocycles. The Kier molecular flexibility index (Phi) is 5.91. The Morgan fingerprint density at radius 2 is 1.52 bits per heavy atom. The third-order valence-electron chi connectivity index (χ3n) is 5.99. The van der Waals surface area contributed by atoms with Crippen molar-refractivity contribution >= 4 is 37.1 Å². The number of aryl methyl sites for hydroxylation is 2. The van der Waals surface area contributed by atoms with Gasteiger partial charge >= 0.3 is 0 Å². The van der Waals surface area contributed by atoms with Crippen LogP contribution in [0.5, 0.6) is 0 Å². The first kappa shape index (κ1) is 22.0. The largest absolute Gasteiger partial charge is 0.372 e. The molecule has 9 heteroatoms. The summed E-state index contributed by atoms with van der Waals surface area (Å²) < 4.78 is 55.2. The Morgan fingerprint density at radius 3 is 2.16 bits per heavy atom. The molecule has 2 heterocycles. The molecule has 2 aromatic carbocycles. The number of rotatable bonds is 5. The monoisotopic (exact) mass is 463 g/mol. The van der Waals surface area contributed by atoms with Gasteiger partial charge in [-0.05, 0) is 87.1 Å². The quantitative estimate of drug-likeness (QED) is 0.732. The number of hydrogen-bond acceptors (Lipinski definition) is 5. The highest BCUT2D eigenvalue weighted by Gasteiger charge is 2.29. The Bertz CT molecular complexity index is 1170. The molecule has 0 radical (unpaired) electrons. The molecule has 2 aliphatic heterocycles. The molecule has 0 aromatic heterocycles. The van der Waals surface area contributed by atoms with Crippen molar-refractivity contribution in [3.05, 3.63) is 47.5 Å². The molecule has 2 aliphatic rings. The van der Waals surface area contributed by atoms with Crippen LogP contribution in [0.25, 0.3) is 0 Å². The fourth-order valence-corrected chi connectivity index (χ4v) is 7.38. The first-order chi connectivity index (χ1) is 14.7. The van der Waals surface area contributed by atoms with Crippen LogP contribution in [0.2, 0.25) is 0 Å². The van der Waals surface area contributed by atoms with E-state index in [0.29, 0.717) is 35.5 Å². The number of sulfonamides is 2. The fourth-order valence-electron chi connectivity index (χ4n) is 4.32. The predicted molar refractivity (Wildman–Crippen MR) is 125 cm³/mol. The van der Waals surface area contributed by atoms with Crippen molar-refractivity contribution in [3.63, 3.8) is 0 Å². The summed E-state index contributed by atoms with van der Waals surface area (Å²) in [5.74, 6) is 0.126. The van der Waals surface area contributed by atoms with E-state index in [4.69, 9.17) is 0 Å². The maximum absolute atomic E-state index is 13.1. The minimum Gasteiger partial charge on any atom is -0.372 e. The van der Waals surface area contributed by atoms with Crippen molar-refractivity contribution in [1.82, 2.24) is 0 Å². The minimum atomic E-state index is -3.81. The Morgan fingerprint density at radius 1 is 0.871 bits per heavy atom. The highest BCUT2D eigenvalue weighted by atomic mass is 32.2. The fraction of sp³-hybridized carbons (Fsp3) is 0.455. The standard InChI is InChI=1S/C22H29N3O4S2/c1-17-16-22(18(2)15-21(17)25-13-5-6-14-30(25,26)27)31(28,29)23-19-7-9-20(10-8-19)24-11-3-4-12-24/h7-10,15-16,23H,3-6,11-14H2,1-2H3. The van der Waals surface area contributed by atoms with E-state index in [1.807, 2.05) is 12.1 Å². The first-order valence-electron chi connectivity index (χ1n) is 10.7. The van der Waals surface area contributed by atoms with Crippen molar-refractivity contribution in [2.24, 2.45) is 0 Å². The Balaban J connectivity index is 1.59. The molecule has 2 fully saturated rings. The van der Waals surface area contributed by atoms with E-state index in [1.54, 1.807) is 38.1 Å². The third kappa shape index (κ3) is 4.52. The van der Waals surface area contributed by atoms with E-state index in [-0.39, 0.29) is 10.6 Å². The molecular weight excluding hydrogens is 434 g/mol. The van der Waals surface area contributed by atoms with Gasteiger partial charge in [0.1, 0.15) is 0 Å². The maximum atomic E-state index is 13.1. The molecule has 2 aromatic rings. The average molecular weight is 464 g/mol. The van der Waals surface area contributed by atoms with E-state index in [9.17, 15) is 16.8 Å². The first-order valence-corrected chi connectivity index (χ1v) is 13.8. The van der Waals surface area contributed by atoms with Crippen molar-refractivity contribution in [3.8, 4) is 0 Å². The molecule has 1 N–H and O–H groups in total. The molecule has 4 rings (SSSR count). The molecule has 0 spiro atoms. The summed E-state index contributed by atoms with van der Waals surface area (Å²) in [7, 11) is -7.17. The normalized spacial score (nSPS) is 18.9. The van der Waals surface area contributed by atoms with Gasteiger partial charge in [0.05, 0.1) is 16.3 Å². The Labute approximate surface area is 185 Å². The minimum absolute atomic E-state index is 0.126. The molecule has 0 unspecified atom stereocenters. The van der Waals surface area contributed by atoms with Gasteiger partial charge in [0.25, 0.3) is 10.0 Å². The lowest BCUT2D eigenvalue weighted by molar-refractivity contribution is 0.574. The zero-order valence-electron chi connectivity index (χ0n) is 18.0. The van der Waals surface area contributed by atoms with E-state index >= 15 is 0 Å². The van der Waals surface area contributed by atoms with Crippen LogP contribution in [0, 0.1) is 13.8 Å². The predicted octanol–water partition coefficient (Wildman–Crippen LogP) is 3.63. The zero-order valence-corrected chi connectivity index (χ0v) is 19.6. The maximum Gasteiger partial charge on any atom is 0.262 e. The van der Waals surface area contributed by atoms with Gasteiger partial charge in [-0.3, -0.25) is 9.03 Å². The van der Waals surface area contributed by atoms with Crippen LogP contribution in [0.15, 0.2) is 41.3 Å². The molecule has 7 nitrogen and oxygen atoms in total. The molecule has 0 atom stereocenters. The van der Waals surface area contributed by atoms with Gasteiger partial charge in [0, 0.05) is 31.0 Å². The average Bonchev–Trinajstić information content (AvgIpc) is 3.24. The van der Waals surface area contributed by atoms with Gasteiger partial charge < -0.3 is 4.90 Å². The smallest absolute Gasteiger partial charge is 0.262 e. The van der Waals surface area contributed by atoms with Crippen LogP contribution in [0.4, 0.5) is 17.1 Å². The second-order valence-electron chi connectivity index (χ2n) is 8.35. The lowest BCUT2D eigenvalue weighted by atomic mass is 10.1. The molecule has 0 bridgehead atoms. The van der Waals surface area contributed by atoms with Gasteiger partial charge in [0.2, 0.25) is 10.0 Å². The zero-order chi connectivity index (χ0) is 22.2. The van der Waals surface area contributed by atoms with Gasteiger partial charge in [-0.15, -0.1) is 0 Å². The van der Waals surface area contributed by atoms with Crippen molar-refractivity contribution < 1.29 is 16.8 Å². The second kappa shape index (κ2) is 8.35. The van der Waals surface area contributed by atoms with Crippen LogP contribution in [-0.2, 0) is 20.0 Å². The molecular formula is C22H29N3O4S2. The van der Waals surface area contributed by atoms with Crippen LogP contribution < -0.4 is 13.9 Å². The van der Waals surface area contributed by atoms with Crippen molar-refractivity contribution in [2.45, 2.75) is 44.4 Å². The summed E-state index contributed by atoms with van der Waals surface area (Å²) >= 11 is 0. The Hall–Kier alpha value is -2.26. The molecule has 0 amide bonds. The number of benzene rings is 2. The summed E-state index contributed by atoms with van der Waals surface area (Å²) in [6.45, 7) is 5.94. The summed E-state index contributed by atoms with van der Waals surface area (Å²) in [4.78, 5) is 2.45. The number of nitrogens with zero attached hydrogens (tertiary/aromatic N) is 2. The molecule has 0 saturated carbocycles. The van der Waals surface area contributed by atoms with Gasteiger partial charge in [-0.2, -0.15) is 0 Å². The van der Waals surface area contributed by atoms with E-state index in [2.05, 4.69) is 9.62 Å². The van der Waals surface area contributed by atoms with Gasteiger partial charge in [0.15, 0.2) is 0 Å². The molecule has 168 valence electrons. The number of hydrogen-bond donors (Lipinski definition) is 1. The second-order valence-corrected chi connectivity index (χ2v) is 12.0. The number of anilines is 3. The molecule has 31 heavy (non-hydrogen) atoms. The summed E-state index contributed by atoms with van der Waals surface area (Å²) in [6.07, 6.45) is 3.82. The van der Waals surface area contributed by atoms with Crippen LogP contribution in [0.3, 0.4) is 0 Å². The number of nitrogens with one attached hydrogen (secondary N) is 1. The van der Waals surface area contributed by atoms with Crippen molar-refractivity contribution in [2.75, 3.05) is 39.3 Å². The van der Waals surface area contributed by atoms with Crippen LogP contribution in [-0.4, -0.2) is 42.2 Å². The molecule has 2 saturated heterocycles. The van der Waals surface area contributed by atoms with Crippen molar-refractivity contribution in [1.29, 1.82) is 0 Å². The summed E-state index contributed by atoms with van der Waals surface area (Å²) in [5, 5.41) is 0. The lowest BCUT2D eigenvalue weighted by Crippen LogP contribution is -2.38. The van der Waals surface area contributed by atoms with E-state index in [0.717, 1.165) is 25.2 Å². The SMILES string of the molecule is Cc1cc(S(=O)(=O)Nc2ccc(N3CCCC3)cc2)c(C)cc1N1CCCCS1(=O)=O. The van der Waals surface area contributed by atoms with E-state index in [1.165, 1.54) is 17.1 Å². The van der Waals surface area contributed by atoms with Gasteiger partial charge in [-0.1, -0.05) is 0 Å². The van der Waals surface area contributed by atoms with Crippen LogP contribution in [0.1, 0.15) is 36.8 Å². The lowest BCUT2D eigenvalue weighted by Gasteiger charge is -2.30. The topological polar surface area (TPSA) is 86.8 Å². The van der Waals surface area contributed by atoms with Crippen LogP contribution >= 0.6 is 0 Å². The highest BCUT2D eigenvalue weighted by Crippen LogP contribution is 2.32.